The number of anilines is 1. The molecule has 0 saturated heterocycles. The molecule has 10 heteroatoms. The van der Waals surface area contributed by atoms with Crippen molar-refractivity contribution < 1.29 is 18.4 Å². The lowest BCUT2D eigenvalue weighted by atomic mass is 10.00. The van der Waals surface area contributed by atoms with Gasteiger partial charge in [0.15, 0.2) is 5.78 Å². The number of benzene rings is 3. The minimum absolute atomic E-state index is 0.0439. The molecule has 4 aromatic rings. The van der Waals surface area contributed by atoms with Gasteiger partial charge in [0.25, 0.3) is 11.5 Å². The summed E-state index contributed by atoms with van der Waals surface area (Å²) in [6.45, 7) is 7.46. The molecule has 0 aliphatic rings. The minimum atomic E-state index is -0.677. The third kappa shape index (κ3) is 6.34. The molecule has 0 spiro atoms. The molecule has 0 unspecified atom stereocenters. The number of rotatable bonds is 10. The van der Waals surface area contributed by atoms with E-state index in [1.807, 2.05) is 6.92 Å². The second-order valence-electron chi connectivity index (χ2n) is 9.79. The van der Waals surface area contributed by atoms with Crippen LogP contribution in [0.4, 0.5) is 14.5 Å². The van der Waals surface area contributed by atoms with E-state index in [9.17, 15) is 23.2 Å². The van der Waals surface area contributed by atoms with Gasteiger partial charge in [0.1, 0.15) is 23.1 Å². The lowest BCUT2D eigenvalue weighted by molar-refractivity contribution is 0.0961. The zero-order valence-corrected chi connectivity index (χ0v) is 23.7. The van der Waals surface area contributed by atoms with Crippen LogP contribution in [0.3, 0.4) is 0 Å². The number of likely N-dealkylation sites (N-methyl/N-ethyl adjacent to an activating group) is 1. The molecular formula is C32H31F2N5O3. The molecule has 1 amide bonds. The van der Waals surface area contributed by atoms with E-state index in [0.717, 1.165) is 18.2 Å². The predicted molar refractivity (Wildman–Crippen MR) is 159 cm³/mol. The Morgan fingerprint density at radius 2 is 1.71 bits per heavy atom. The van der Waals surface area contributed by atoms with Crippen LogP contribution in [-0.2, 0) is 6.54 Å². The van der Waals surface area contributed by atoms with Gasteiger partial charge in [-0.15, -0.1) is 0 Å². The van der Waals surface area contributed by atoms with E-state index >= 15 is 0 Å². The van der Waals surface area contributed by atoms with Crippen molar-refractivity contribution in [3.8, 4) is 11.4 Å². The average molecular weight is 572 g/mol. The topological polar surface area (TPSA) is 105 Å². The number of carbonyl (C=O) groups excluding carboxylic acids is 2. The first-order valence-electron chi connectivity index (χ1n) is 13.2. The first kappa shape index (κ1) is 30.0. The van der Waals surface area contributed by atoms with Gasteiger partial charge in [0, 0.05) is 41.0 Å². The number of ketones is 1. The Balaban J connectivity index is 1.85. The summed E-state index contributed by atoms with van der Waals surface area (Å²) < 4.78 is 29.6. The van der Waals surface area contributed by atoms with Gasteiger partial charge in [-0.05, 0) is 80.6 Å². The quantitative estimate of drug-likeness (QED) is 0.239. The SMILES string of the molecule is C=C(Nc1cnc(-c2cccc(C(=O)NC)c2C)n(Cc2cc(F)cc(C(=O)c3ccc(F)cc3)c2)c1=O)[C@H](C)NC. The molecule has 0 bridgehead atoms. The summed E-state index contributed by atoms with van der Waals surface area (Å²) >= 11 is 0. The second-order valence-corrected chi connectivity index (χ2v) is 9.79. The summed E-state index contributed by atoms with van der Waals surface area (Å²) in [5.41, 5.74) is 2.30. The Hall–Kier alpha value is -4.96. The van der Waals surface area contributed by atoms with E-state index in [2.05, 4.69) is 27.5 Å². The van der Waals surface area contributed by atoms with Crippen molar-refractivity contribution in [2.75, 3.05) is 19.4 Å². The maximum absolute atomic E-state index is 14.8. The van der Waals surface area contributed by atoms with Crippen molar-refractivity contribution in [3.05, 3.63) is 129 Å². The molecule has 8 nitrogen and oxygen atoms in total. The summed E-state index contributed by atoms with van der Waals surface area (Å²) in [5, 5.41) is 8.66. The van der Waals surface area contributed by atoms with Gasteiger partial charge in [-0.3, -0.25) is 19.0 Å². The molecular weight excluding hydrogens is 540 g/mol. The van der Waals surface area contributed by atoms with Crippen molar-refractivity contribution >= 4 is 17.4 Å². The van der Waals surface area contributed by atoms with Gasteiger partial charge in [-0.25, -0.2) is 13.8 Å². The molecule has 0 saturated carbocycles. The summed E-state index contributed by atoms with van der Waals surface area (Å²) in [5.74, 6) is -1.72. The smallest absolute Gasteiger partial charge is 0.277 e. The molecule has 42 heavy (non-hydrogen) atoms. The number of aromatic nitrogens is 2. The van der Waals surface area contributed by atoms with Gasteiger partial charge in [0.2, 0.25) is 0 Å². The molecule has 1 atom stereocenters. The Kier molecular flexibility index (Phi) is 9.07. The molecule has 3 N–H and O–H groups in total. The maximum Gasteiger partial charge on any atom is 0.277 e. The van der Waals surface area contributed by atoms with E-state index in [-0.39, 0.29) is 41.1 Å². The number of nitrogens with zero attached hydrogens (tertiary/aromatic N) is 2. The average Bonchev–Trinajstić information content (AvgIpc) is 2.98. The van der Waals surface area contributed by atoms with Gasteiger partial charge >= 0.3 is 0 Å². The zero-order chi connectivity index (χ0) is 30.6. The van der Waals surface area contributed by atoms with Gasteiger partial charge in [0.05, 0.1) is 12.7 Å². The first-order chi connectivity index (χ1) is 20.0. The van der Waals surface area contributed by atoms with Crippen molar-refractivity contribution in [2.24, 2.45) is 0 Å². The van der Waals surface area contributed by atoms with E-state index in [0.29, 0.717) is 28.0 Å². The lowest BCUT2D eigenvalue weighted by Crippen LogP contribution is -2.31. The summed E-state index contributed by atoms with van der Waals surface area (Å²) in [6, 6.07) is 13.7. The molecule has 0 aliphatic carbocycles. The van der Waals surface area contributed by atoms with E-state index < -0.39 is 23.0 Å². The molecule has 0 radical (unpaired) electrons. The summed E-state index contributed by atoms with van der Waals surface area (Å²) in [6.07, 6.45) is 1.39. The van der Waals surface area contributed by atoms with Crippen molar-refractivity contribution in [2.45, 2.75) is 26.4 Å². The van der Waals surface area contributed by atoms with Gasteiger partial charge in [-0.1, -0.05) is 18.7 Å². The molecule has 4 rings (SSSR count). The fourth-order valence-electron chi connectivity index (χ4n) is 4.48. The number of carbonyl (C=O) groups is 2. The molecule has 216 valence electrons. The molecule has 3 aromatic carbocycles. The lowest BCUT2D eigenvalue weighted by Gasteiger charge is -2.19. The molecule has 0 fully saturated rings. The van der Waals surface area contributed by atoms with Crippen LogP contribution in [0.15, 0.2) is 83.9 Å². The Morgan fingerprint density at radius 1 is 1.00 bits per heavy atom. The summed E-state index contributed by atoms with van der Waals surface area (Å²) in [4.78, 5) is 44.0. The highest BCUT2D eigenvalue weighted by Gasteiger charge is 2.20. The molecule has 0 aliphatic heterocycles. The van der Waals surface area contributed by atoms with Crippen molar-refractivity contribution in [3.63, 3.8) is 0 Å². The van der Waals surface area contributed by atoms with Crippen LogP contribution in [0.1, 0.15) is 44.3 Å². The monoisotopic (exact) mass is 571 g/mol. The third-order valence-electron chi connectivity index (χ3n) is 7.01. The van der Waals surface area contributed by atoms with Crippen molar-refractivity contribution in [1.29, 1.82) is 0 Å². The highest BCUT2D eigenvalue weighted by atomic mass is 19.1. The second kappa shape index (κ2) is 12.7. The normalized spacial score (nSPS) is 11.6. The largest absolute Gasteiger partial charge is 0.355 e. The maximum atomic E-state index is 14.8. The van der Waals surface area contributed by atoms with E-state index in [4.69, 9.17) is 0 Å². The fourth-order valence-corrected chi connectivity index (χ4v) is 4.48. The third-order valence-corrected chi connectivity index (χ3v) is 7.01. The van der Waals surface area contributed by atoms with Crippen LogP contribution in [0, 0.1) is 18.6 Å². The summed E-state index contributed by atoms with van der Waals surface area (Å²) in [7, 11) is 3.28. The van der Waals surface area contributed by atoms with E-state index in [1.54, 1.807) is 32.2 Å². The fraction of sp³-hybridized carbons (Fsp3) is 0.188. The number of nitrogens with one attached hydrogen (secondary N) is 3. The van der Waals surface area contributed by atoms with Crippen LogP contribution in [0.5, 0.6) is 0 Å². The number of hydrogen-bond donors (Lipinski definition) is 3. The zero-order valence-electron chi connectivity index (χ0n) is 23.7. The Bertz CT molecular complexity index is 1730. The minimum Gasteiger partial charge on any atom is -0.355 e. The Morgan fingerprint density at radius 3 is 2.38 bits per heavy atom. The van der Waals surface area contributed by atoms with Gasteiger partial charge < -0.3 is 16.0 Å². The van der Waals surface area contributed by atoms with Gasteiger partial charge in [-0.2, -0.15) is 0 Å². The Labute approximate surface area is 242 Å². The number of hydrogen-bond acceptors (Lipinski definition) is 6. The molecule has 1 aromatic heterocycles. The van der Waals surface area contributed by atoms with Crippen LogP contribution in [0.25, 0.3) is 11.4 Å². The predicted octanol–water partition coefficient (Wildman–Crippen LogP) is 4.67. The van der Waals surface area contributed by atoms with Crippen LogP contribution in [-0.4, -0.2) is 41.4 Å². The molecule has 1 heterocycles. The van der Waals surface area contributed by atoms with E-state index in [1.165, 1.54) is 42.1 Å². The van der Waals surface area contributed by atoms with Crippen molar-refractivity contribution in [1.82, 2.24) is 20.2 Å². The van der Waals surface area contributed by atoms with Crippen LogP contribution < -0.4 is 21.5 Å². The van der Waals surface area contributed by atoms with Crippen LogP contribution in [0.2, 0.25) is 0 Å². The highest BCUT2D eigenvalue weighted by molar-refractivity contribution is 6.09. The van der Waals surface area contributed by atoms with Crippen LogP contribution >= 0.6 is 0 Å². The standard InChI is InChI=1S/C32H31F2N5O3/c1-18-26(7-6-8-27(18)31(41)36-5)30-37-16-28(38-20(3)19(2)35-4)32(42)39(30)17-21-13-23(15-25(34)14-21)29(40)22-9-11-24(33)12-10-22/h6-16,19,35,38H,3,17H2,1-2,4-5H3,(H,36,41)/t19-/m0/s1. The highest BCUT2D eigenvalue weighted by Crippen LogP contribution is 2.26. The number of amides is 1. The number of halogens is 2. The first-order valence-corrected chi connectivity index (χ1v) is 13.2.